The predicted octanol–water partition coefficient (Wildman–Crippen LogP) is 2.21. The summed E-state index contributed by atoms with van der Waals surface area (Å²) in [5, 5.41) is 2.97. The van der Waals surface area contributed by atoms with Crippen LogP contribution in [0.4, 0.5) is 4.79 Å². The smallest absolute Gasteiger partial charge is 0.317 e. The quantitative estimate of drug-likeness (QED) is 0.899. The second kappa shape index (κ2) is 6.79. The van der Waals surface area contributed by atoms with Crippen molar-refractivity contribution >= 4 is 6.03 Å². The lowest BCUT2D eigenvalue weighted by atomic mass is 10.2. The summed E-state index contributed by atoms with van der Waals surface area (Å²) in [4.78, 5) is 16.5. The Morgan fingerprint density at radius 2 is 2.25 bits per heavy atom. The number of amides is 2. The van der Waals surface area contributed by atoms with Crippen molar-refractivity contribution in [1.29, 1.82) is 0 Å². The SMILES string of the molecule is CCN(CC)C1CCN(C(=O)NCc2ccoc2C)C1. The summed E-state index contributed by atoms with van der Waals surface area (Å²) in [5.74, 6) is 0.868. The van der Waals surface area contributed by atoms with E-state index < -0.39 is 0 Å². The first-order valence-electron chi connectivity index (χ1n) is 7.45. The van der Waals surface area contributed by atoms with Crippen molar-refractivity contribution in [2.24, 2.45) is 0 Å². The minimum absolute atomic E-state index is 0.0280. The van der Waals surface area contributed by atoms with Crippen LogP contribution in [0.3, 0.4) is 0 Å². The van der Waals surface area contributed by atoms with Crippen LogP contribution in [0.15, 0.2) is 16.7 Å². The summed E-state index contributed by atoms with van der Waals surface area (Å²) in [6.07, 6.45) is 2.73. The first kappa shape index (κ1) is 14.9. The van der Waals surface area contributed by atoms with Crippen molar-refractivity contribution in [2.75, 3.05) is 26.2 Å². The van der Waals surface area contributed by atoms with E-state index in [2.05, 4.69) is 24.1 Å². The Labute approximate surface area is 120 Å². The highest BCUT2D eigenvalue weighted by Crippen LogP contribution is 2.15. The average Bonchev–Trinajstić information content (AvgIpc) is 3.07. The largest absolute Gasteiger partial charge is 0.469 e. The van der Waals surface area contributed by atoms with Gasteiger partial charge in [-0.25, -0.2) is 4.79 Å². The van der Waals surface area contributed by atoms with Gasteiger partial charge in [-0.3, -0.25) is 4.90 Å². The van der Waals surface area contributed by atoms with Crippen LogP contribution in [0.1, 0.15) is 31.6 Å². The molecule has 1 aliphatic heterocycles. The van der Waals surface area contributed by atoms with E-state index in [4.69, 9.17) is 4.42 Å². The van der Waals surface area contributed by atoms with E-state index in [1.54, 1.807) is 6.26 Å². The van der Waals surface area contributed by atoms with Crippen molar-refractivity contribution in [1.82, 2.24) is 15.1 Å². The summed E-state index contributed by atoms with van der Waals surface area (Å²) >= 11 is 0. The maximum Gasteiger partial charge on any atom is 0.317 e. The summed E-state index contributed by atoms with van der Waals surface area (Å²) < 4.78 is 5.23. The predicted molar refractivity (Wildman–Crippen MR) is 78.6 cm³/mol. The molecule has 0 bridgehead atoms. The zero-order valence-corrected chi connectivity index (χ0v) is 12.7. The molecule has 5 heteroatoms. The first-order chi connectivity index (χ1) is 9.65. The van der Waals surface area contributed by atoms with E-state index >= 15 is 0 Å². The number of likely N-dealkylation sites (N-methyl/N-ethyl adjacent to an activating group) is 1. The summed E-state index contributed by atoms with van der Waals surface area (Å²) in [6, 6.07) is 2.44. The summed E-state index contributed by atoms with van der Waals surface area (Å²) in [5.41, 5.74) is 1.04. The standard InChI is InChI=1S/C15H25N3O2/c1-4-17(5-2)14-6-8-18(11-14)15(19)16-10-13-7-9-20-12(13)3/h7,9,14H,4-6,8,10-11H2,1-3H3,(H,16,19). The van der Waals surface area contributed by atoms with Crippen LogP contribution >= 0.6 is 0 Å². The normalized spacial score (nSPS) is 18.8. The van der Waals surface area contributed by atoms with E-state index in [1.165, 1.54) is 0 Å². The van der Waals surface area contributed by atoms with Gasteiger partial charge in [0, 0.05) is 31.2 Å². The van der Waals surface area contributed by atoms with Crippen LogP contribution in [0, 0.1) is 6.92 Å². The van der Waals surface area contributed by atoms with E-state index in [0.717, 1.165) is 43.9 Å². The second-order valence-electron chi connectivity index (χ2n) is 5.27. The molecule has 112 valence electrons. The lowest BCUT2D eigenvalue weighted by Gasteiger charge is -2.26. The first-order valence-corrected chi connectivity index (χ1v) is 7.45. The third-order valence-corrected chi connectivity index (χ3v) is 4.18. The maximum absolute atomic E-state index is 12.2. The molecule has 2 rings (SSSR count). The molecule has 1 saturated heterocycles. The summed E-state index contributed by atoms with van der Waals surface area (Å²) in [6.45, 7) is 10.6. The van der Waals surface area contributed by atoms with Gasteiger partial charge >= 0.3 is 6.03 Å². The Morgan fingerprint density at radius 1 is 1.50 bits per heavy atom. The molecule has 0 aliphatic carbocycles. The molecule has 5 nitrogen and oxygen atoms in total. The van der Waals surface area contributed by atoms with Crippen molar-refractivity contribution in [3.05, 3.63) is 23.7 Å². The molecular formula is C15H25N3O2. The molecule has 0 spiro atoms. The van der Waals surface area contributed by atoms with Crippen molar-refractivity contribution in [3.63, 3.8) is 0 Å². The number of carbonyl (C=O) groups is 1. The fourth-order valence-corrected chi connectivity index (χ4v) is 2.84. The molecule has 1 atom stereocenters. The molecule has 2 heterocycles. The molecule has 1 aliphatic rings. The van der Waals surface area contributed by atoms with Gasteiger partial charge in [0.05, 0.1) is 6.26 Å². The monoisotopic (exact) mass is 279 g/mol. The molecule has 0 radical (unpaired) electrons. The van der Waals surface area contributed by atoms with Gasteiger partial charge in [-0.1, -0.05) is 13.8 Å². The van der Waals surface area contributed by atoms with Gasteiger partial charge in [0.25, 0.3) is 0 Å². The second-order valence-corrected chi connectivity index (χ2v) is 5.27. The molecular weight excluding hydrogens is 254 g/mol. The minimum atomic E-state index is 0.0280. The highest BCUT2D eigenvalue weighted by molar-refractivity contribution is 5.74. The lowest BCUT2D eigenvalue weighted by Crippen LogP contribution is -2.42. The van der Waals surface area contributed by atoms with Crippen molar-refractivity contribution < 1.29 is 9.21 Å². The molecule has 1 aromatic heterocycles. The van der Waals surface area contributed by atoms with Gasteiger partial charge in [0.2, 0.25) is 0 Å². The number of hydrogen-bond donors (Lipinski definition) is 1. The molecule has 0 aromatic carbocycles. The van der Waals surface area contributed by atoms with Crippen molar-refractivity contribution in [3.8, 4) is 0 Å². The van der Waals surface area contributed by atoms with Gasteiger partial charge in [-0.2, -0.15) is 0 Å². The number of nitrogens with one attached hydrogen (secondary N) is 1. The van der Waals surface area contributed by atoms with E-state index in [0.29, 0.717) is 12.6 Å². The number of carbonyl (C=O) groups excluding carboxylic acids is 1. The molecule has 0 saturated carbocycles. The average molecular weight is 279 g/mol. The molecule has 1 N–H and O–H groups in total. The number of urea groups is 1. The van der Waals surface area contributed by atoms with Crippen LogP contribution in [-0.4, -0.2) is 48.1 Å². The fourth-order valence-electron chi connectivity index (χ4n) is 2.84. The minimum Gasteiger partial charge on any atom is -0.469 e. The van der Waals surface area contributed by atoms with Gasteiger partial charge < -0.3 is 14.6 Å². The van der Waals surface area contributed by atoms with E-state index in [1.807, 2.05) is 17.9 Å². The van der Waals surface area contributed by atoms with Crippen LogP contribution in [0.5, 0.6) is 0 Å². The third-order valence-electron chi connectivity index (χ3n) is 4.18. The Kier molecular flexibility index (Phi) is 5.06. The Bertz CT molecular complexity index is 440. The number of hydrogen-bond acceptors (Lipinski definition) is 3. The van der Waals surface area contributed by atoms with Gasteiger partial charge in [0.1, 0.15) is 5.76 Å². The number of furan rings is 1. The third kappa shape index (κ3) is 3.33. The van der Waals surface area contributed by atoms with Crippen molar-refractivity contribution in [2.45, 2.75) is 39.8 Å². The lowest BCUT2D eigenvalue weighted by molar-refractivity contribution is 0.192. The van der Waals surface area contributed by atoms with Crippen LogP contribution in [-0.2, 0) is 6.54 Å². The molecule has 1 fully saturated rings. The highest BCUT2D eigenvalue weighted by atomic mass is 16.3. The van der Waals surface area contributed by atoms with E-state index in [-0.39, 0.29) is 6.03 Å². The van der Waals surface area contributed by atoms with Gasteiger partial charge in [0.15, 0.2) is 0 Å². The number of nitrogens with zero attached hydrogens (tertiary/aromatic N) is 2. The molecule has 20 heavy (non-hydrogen) atoms. The zero-order chi connectivity index (χ0) is 14.5. The van der Waals surface area contributed by atoms with Crippen LogP contribution in [0.25, 0.3) is 0 Å². The highest BCUT2D eigenvalue weighted by Gasteiger charge is 2.28. The molecule has 1 unspecified atom stereocenters. The number of likely N-dealkylation sites (tertiary alicyclic amines) is 1. The summed E-state index contributed by atoms with van der Waals surface area (Å²) in [7, 11) is 0. The fraction of sp³-hybridized carbons (Fsp3) is 0.667. The van der Waals surface area contributed by atoms with Gasteiger partial charge in [-0.15, -0.1) is 0 Å². The zero-order valence-electron chi connectivity index (χ0n) is 12.7. The van der Waals surface area contributed by atoms with E-state index in [9.17, 15) is 4.79 Å². The number of aryl methyl sites for hydroxylation is 1. The van der Waals surface area contributed by atoms with Gasteiger partial charge in [-0.05, 0) is 32.5 Å². The topological polar surface area (TPSA) is 48.7 Å². The number of rotatable bonds is 5. The molecule has 1 aromatic rings. The van der Waals surface area contributed by atoms with Crippen LogP contribution in [0.2, 0.25) is 0 Å². The Hall–Kier alpha value is -1.49. The molecule has 2 amide bonds. The maximum atomic E-state index is 12.2. The van der Waals surface area contributed by atoms with Crippen LogP contribution < -0.4 is 5.32 Å². The Morgan fingerprint density at radius 3 is 2.85 bits per heavy atom. The Balaban J connectivity index is 1.81.